The molecule has 8 nitrogen and oxygen atoms in total. The molecular formula is C22H29N5O3S. The molecule has 1 aliphatic heterocycles. The number of thiazole rings is 1. The van der Waals surface area contributed by atoms with Crippen LogP contribution in [0.1, 0.15) is 30.8 Å². The Hall–Kier alpha value is -2.49. The van der Waals surface area contributed by atoms with Gasteiger partial charge in [-0.05, 0) is 38.5 Å². The predicted molar refractivity (Wildman–Crippen MR) is 122 cm³/mol. The number of benzene rings is 1. The third-order valence-corrected chi connectivity index (χ3v) is 6.39. The van der Waals surface area contributed by atoms with Gasteiger partial charge in [0.05, 0.1) is 24.5 Å². The molecule has 31 heavy (non-hydrogen) atoms. The molecule has 0 N–H and O–H groups in total. The SMILES string of the molecule is CCOc1cccc2sc(N(CCCN3CCOCC3)C(=O)c3ccnn3CC)nc12. The van der Waals surface area contributed by atoms with Gasteiger partial charge in [-0.2, -0.15) is 5.10 Å². The van der Waals surface area contributed by atoms with E-state index in [9.17, 15) is 4.79 Å². The second kappa shape index (κ2) is 10.2. The first kappa shape index (κ1) is 21.7. The monoisotopic (exact) mass is 443 g/mol. The highest BCUT2D eigenvalue weighted by Gasteiger charge is 2.25. The summed E-state index contributed by atoms with van der Waals surface area (Å²) in [5, 5.41) is 4.97. The Bertz CT molecular complexity index is 1010. The van der Waals surface area contributed by atoms with Crippen molar-refractivity contribution in [2.75, 3.05) is 50.9 Å². The third kappa shape index (κ3) is 4.89. The third-order valence-electron chi connectivity index (χ3n) is 5.34. The molecule has 1 aromatic carbocycles. The molecule has 0 spiro atoms. The maximum atomic E-state index is 13.5. The zero-order valence-electron chi connectivity index (χ0n) is 18.1. The van der Waals surface area contributed by atoms with Crippen molar-refractivity contribution < 1.29 is 14.3 Å². The van der Waals surface area contributed by atoms with Gasteiger partial charge >= 0.3 is 0 Å². The Kier molecular flexibility index (Phi) is 7.16. The van der Waals surface area contributed by atoms with E-state index in [0.717, 1.165) is 55.2 Å². The molecule has 2 aromatic heterocycles. The summed E-state index contributed by atoms with van der Waals surface area (Å²) in [6, 6.07) is 7.68. The Labute approximate surface area is 186 Å². The number of nitrogens with zero attached hydrogens (tertiary/aromatic N) is 5. The molecule has 4 rings (SSSR count). The van der Waals surface area contributed by atoms with E-state index in [4.69, 9.17) is 14.5 Å². The number of fused-ring (bicyclic) bond motifs is 1. The molecule has 3 aromatic rings. The van der Waals surface area contributed by atoms with Crippen molar-refractivity contribution >= 4 is 32.6 Å². The van der Waals surface area contributed by atoms with Gasteiger partial charge in [-0.3, -0.25) is 19.3 Å². The van der Waals surface area contributed by atoms with Crippen molar-refractivity contribution in [1.82, 2.24) is 19.7 Å². The van der Waals surface area contributed by atoms with Crippen LogP contribution in [0, 0.1) is 0 Å². The number of rotatable bonds is 9. The van der Waals surface area contributed by atoms with Crippen molar-refractivity contribution in [2.24, 2.45) is 0 Å². The average molecular weight is 444 g/mol. The highest BCUT2D eigenvalue weighted by Crippen LogP contribution is 2.35. The van der Waals surface area contributed by atoms with Crippen molar-refractivity contribution in [3.05, 3.63) is 36.2 Å². The van der Waals surface area contributed by atoms with Gasteiger partial charge in [0, 0.05) is 38.9 Å². The molecule has 0 atom stereocenters. The lowest BCUT2D eigenvalue weighted by Gasteiger charge is -2.27. The van der Waals surface area contributed by atoms with E-state index in [2.05, 4.69) is 10.00 Å². The highest BCUT2D eigenvalue weighted by molar-refractivity contribution is 7.22. The zero-order valence-corrected chi connectivity index (χ0v) is 18.9. The number of aryl methyl sites for hydroxylation is 1. The van der Waals surface area contributed by atoms with Gasteiger partial charge in [-0.15, -0.1) is 0 Å². The van der Waals surface area contributed by atoms with Gasteiger partial charge in [-0.25, -0.2) is 4.98 Å². The van der Waals surface area contributed by atoms with Gasteiger partial charge in [-0.1, -0.05) is 17.4 Å². The number of aromatic nitrogens is 3. The van der Waals surface area contributed by atoms with Crippen molar-refractivity contribution in [2.45, 2.75) is 26.8 Å². The number of hydrogen-bond donors (Lipinski definition) is 0. The lowest BCUT2D eigenvalue weighted by Crippen LogP contribution is -2.39. The van der Waals surface area contributed by atoms with E-state index < -0.39 is 0 Å². The largest absolute Gasteiger partial charge is 0.492 e. The van der Waals surface area contributed by atoms with Crippen molar-refractivity contribution in [3.63, 3.8) is 0 Å². The first-order valence-corrected chi connectivity index (χ1v) is 11.7. The topological polar surface area (TPSA) is 72.7 Å². The number of anilines is 1. The van der Waals surface area contributed by atoms with Crippen LogP contribution in [0.15, 0.2) is 30.5 Å². The predicted octanol–water partition coefficient (Wildman–Crippen LogP) is 3.28. The van der Waals surface area contributed by atoms with E-state index in [0.29, 0.717) is 30.5 Å². The second-order valence-electron chi connectivity index (χ2n) is 7.33. The van der Waals surface area contributed by atoms with E-state index in [1.165, 1.54) is 11.3 Å². The lowest BCUT2D eigenvalue weighted by atomic mass is 10.3. The molecule has 0 unspecified atom stereocenters. The van der Waals surface area contributed by atoms with Crippen LogP contribution in [0.25, 0.3) is 10.2 Å². The molecular weight excluding hydrogens is 414 g/mol. The van der Waals surface area contributed by atoms with Gasteiger partial charge in [0.25, 0.3) is 5.91 Å². The van der Waals surface area contributed by atoms with Gasteiger partial charge in [0.1, 0.15) is 17.0 Å². The Morgan fingerprint density at radius 1 is 1.26 bits per heavy atom. The number of carbonyl (C=O) groups is 1. The smallest absolute Gasteiger partial charge is 0.278 e. The summed E-state index contributed by atoms with van der Waals surface area (Å²) >= 11 is 1.52. The quantitative estimate of drug-likeness (QED) is 0.505. The number of para-hydroxylation sites is 1. The summed E-state index contributed by atoms with van der Waals surface area (Å²) in [6.45, 7) is 10.1. The van der Waals surface area contributed by atoms with Crippen LogP contribution >= 0.6 is 11.3 Å². The molecule has 3 heterocycles. The molecule has 1 fully saturated rings. The van der Waals surface area contributed by atoms with Crippen LogP contribution in [0.2, 0.25) is 0 Å². The maximum absolute atomic E-state index is 13.5. The fourth-order valence-corrected chi connectivity index (χ4v) is 4.77. The van der Waals surface area contributed by atoms with Crippen LogP contribution < -0.4 is 9.64 Å². The Morgan fingerprint density at radius 3 is 2.87 bits per heavy atom. The maximum Gasteiger partial charge on any atom is 0.278 e. The molecule has 0 aliphatic carbocycles. The van der Waals surface area contributed by atoms with Crippen molar-refractivity contribution in [1.29, 1.82) is 0 Å². The first-order chi connectivity index (χ1) is 15.2. The summed E-state index contributed by atoms with van der Waals surface area (Å²) in [5.41, 5.74) is 1.39. The summed E-state index contributed by atoms with van der Waals surface area (Å²) in [6.07, 6.45) is 2.54. The van der Waals surface area contributed by atoms with E-state index in [-0.39, 0.29) is 5.91 Å². The fraction of sp³-hybridized carbons (Fsp3) is 0.500. The Morgan fingerprint density at radius 2 is 2.10 bits per heavy atom. The summed E-state index contributed by atoms with van der Waals surface area (Å²) in [7, 11) is 0. The van der Waals surface area contributed by atoms with E-state index in [1.54, 1.807) is 21.8 Å². The molecule has 1 aliphatic rings. The molecule has 0 bridgehead atoms. The standard InChI is InChI=1S/C22H29N5O3S/c1-3-27-17(9-10-23-27)21(28)26(12-6-11-25-13-15-29-16-14-25)22-24-20-18(30-4-2)7-5-8-19(20)31-22/h5,7-10H,3-4,6,11-16H2,1-2H3. The van der Waals surface area contributed by atoms with Gasteiger partial charge < -0.3 is 9.47 Å². The molecule has 166 valence electrons. The van der Waals surface area contributed by atoms with Crippen LogP contribution in [0.3, 0.4) is 0 Å². The Balaban J connectivity index is 1.60. The minimum absolute atomic E-state index is 0.0710. The highest BCUT2D eigenvalue weighted by atomic mass is 32.1. The number of amides is 1. The minimum Gasteiger partial charge on any atom is -0.492 e. The van der Waals surface area contributed by atoms with Crippen molar-refractivity contribution in [3.8, 4) is 5.75 Å². The summed E-state index contributed by atoms with van der Waals surface area (Å²) in [5.74, 6) is 0.681. The average Bonchev–Trinajstić information content (AvgIpc) is 3.44. The molecule has 0 saturated carbocycles. The minimum atomic E-state index is -0.0710. The molecule has 1 saturated heterocycles. The molecule has 1 amide bonds. The van der Waals surface area contributed by atoms with E-state index >= 15 is 0 Å². The van der Waals surface area contributed by atoms with Crippen LogP contribution in [-0.4, -0.2) is 71.6 Å². The van der Waals surface area contributed by atoms with Crippen LogP contribution in [-0.2, 0) is 11.3 Å². The summed E-state index contributed by atoms with van der Waals surface area (Å²) in [4.78, 5) is 22.5. The van der Waals surface area contributed by atoms with Gasteiger partial charge in [0.15, 0.2) is 5.13 Å². The normalized spacial score (nSPS) is 14.8. The van der Waals surface area contributed by atoms with Gasteiger partial charge in [0.2, 0.25) is 0 Å². The second-order valence-corrected chi connectivity index (χ2v) is 8.34. The van der Waals surface area contributed by atoms with Crippen LogP contribution in [0.4, 0.5) is 5.13 Å². The van der Waals surface area contributed by atoms with Crippen LogP contribution in [0.5, 0.6) is 5.75 Å². The fourth-order valence-electron chi connectivity index (χ4n) is 3.76. The lowest BCUT2D eigenvalue weighted by molar-refractivity contribution is 0.0376. The van der Waals surface area contributed by atoms with E-state index in [1.807, 2.05) is 32.0 Å². The number of ether oxygens (including phenoxy) is 2. The zero-order chi connectivity index (χ0) is 21.6. The number of morpholine rings is 1. The first-order valence-electron chi connectivity index (χ1n) is 10.9. The number of hydrogen-bond acceptors (Lipinski definition) is 7. The molecule has 9 heteroatoms. The summed E-state index contributed by atoms with van der Waals surface area (Å²) < 4.78 is 13.9. The molecule has 0 radical (unpaired) electrons. The number of carbonyl (C=O) groups excluding carboxylic acids is 1.